The second-order valence-electron chi connectivity index (χ2n) is 4.78. The average molecular weight is 358 g/mol. The molecule has 0 amide bonds. The van der Waals surface area contributed by atoms with E-state index in [1.54, 1.807) is 6.07 Å². The molecule has 20 heavy (non-hydrogen) atoms. The largest absolute Gasteiger partial charge is 0.396 e. The fourth-order valence-electron chi connectivity index (χ4n) is 2.17. The van der Waals surface area contributed by atoms with E-state index >= 15 is 0 Å². The second kappa shape index (κ2) is 7.21. The highest BCUT2D eigenvalue weighted by molar-refractivity contribution is 9.10. The highest BCUT2D eigenvalue weighted by Gasteiger charge is 2.13. The molecule has 1 unspecified atom stereocenters. The zero-order valence-electron chi connectivity index (χ0n) is 10.8. The van der Waals surface area contributed by atoms with Gasteiger partial charge in [-0.1, -0.05) is 51.8 Å². The Morgan fingerprint density at radius 3 is 2.45 bits per heavy atom. The van der Waals surface area contributed by atoms with Gasteiger partial charge >= 0.3 is 0 Å². The fourth-order valence-corrected chi connectivity index (χ4v) is 2.87. The molecule has 0 spiro atoms. The van der Waals surface area contributed by atoms with Gasteiger partial charge in [-0.05, 0) is 48.1 Å². The number of benzene rings is 2. The quantitative estimate of drug-likeness (QED) is 0.827. The molecular formula is C16H15BrClFO. The Morgan fingerprint density at radius 2 is 1.80 bits per heavy atom. The first kappa shape index (κ1) is 15.5. The third-order valence-electron chi connectivity index (χ3n) is 3.25. The Kier molecular flexibility index (Phi) is 5.58. The lowest BCUT2D eigenvalue weighted by Crippen LogP contribution is -2.13. The van der Waals surface area contributed by atoms with Crippen LogP contribution in [0.4, 0.5) is 4.39 Å². The number of aliphatic hydroxyl groups excluding tert-OH is 1. The molecule has 0 aliphatic rings. The van der Waals surface area contributed by atoms with E-state index in [1.807, 2.05) is 24.3 Å². The van der Waals surface area contributed by atoms with Crippen LogP contribution in [0.5, 0.6) is 0 Å². The molecule has 106 valence electrons. The summed E-state index contributed by atoms with van der Waals surface area (Å²) in [5, 5.41) is 9.97. The molecule has 0 aliphatic heterocycles. The van der Waals surface area contributed by atoms with Crippen molar-refractivity contribution in [2.45, 2.75) is 12.8 Å². The molecule has 2 rings (SSSR count). The summed E-state index contributed by atoms with van der Waals surface area (Å²) >= 11 is 9.54. The molecule has 0 radical (unpaired) electrons. The third kappa shape index (κ3) is 4.05. The fraction of sp³-hybridized carbons (Fsp3) is 0.250. The lowest BCUT2D eigenvalue weighted by molar-refractivity contribution is 0.225. The van der Waals surface area contributed by atoms with Crippen LogP contribution < -0.4 is 0 Å². The normalized spacial score (nSPS) is 12.4. The highest BCUT2D eigenvalue weighted by atomic mass is 79.9. The van der Waals surface area contributed by atoms with Gasteiger partial charge < -0.3 is 5.11 Å². The molecule has 0 bridgehead atoms. The van der Waals surface area contributed by atoms with Gasteiger partial charge in [0.2, 0.25) is 0 Å². The van der Waals surface area contributed by atoms with Crippen LogP contribution >= 0.6 is 27.5 Å². The van der Waals surface area contributed by atoms with Crippen molar-refractivity contribution in [2.75, 3.05) is 6.61 Å². The van der Waals surface area contributed by atoms with Crippen molar-refractivity contribution in [3.63, 3.8) is 0 Å². The van der Waals surface area contributed by atoms with Crippen molar-refractivity contribution in [1.29, 1.82) is 0 Å². The Morgan fingerprint density at radius 1 is 1.10 bits per heavy atom. The van der Waals surface area contributed by atoms with Crippen molar-refractivity contribution in [1.82, 2.24) is 0 Å². The van der Waals surface area contributed by atoms with Gasteiger partial charge in [0.25, 0.3) is 0 Å². The van der Waals surface area contributed by atoms with E-state index in [0.717, 1.165) is 22.0 Å². The number of halogens is 3. The van der Waals surface area contributed by atoms with E-state index in [0.29, 0.717) is 11.4 Å². The molecule has 0 saturated heterocycles. The molecule has 0 heterocycles. The van der Waals surface area contributed by atoms with Gasteiger partial charge in [-0.3, -0.25) is 0 Å². The molecule has 1 nitrogen and oxygen atoms in total. The van der Waals surface area contributed by atoms with E-state index in [4.69, 9.17) is 11.6 Å². The van der Waals surface area contributed by atoms with Crippen LogP contribution in [-0.2, 0) is 12.8 Å². The molecule has 1 N–H and O–H groups in total. The molecule has 0 fully saturated rings. The van der Waals surface area contributed by atoms with Gasteiger partial charge in [0.1, 0.15) is 5.82 Å². The summed E-state index contributed by atoms with van der Waals surface area (Å²) in [6, 6.07) is 12.3. The molecule has 1 atom stereocenters. The van der Waals surface area contributed by atoms with Crippen LogP contribution in [0, 0.1) is 11.7 Å². The van der Waals surface area contributed by atoms with Gasteiger partial charge in [0.05, 0.1) is 0 Å². The van der Waals surface area contributed by atoms with Gasteiger partial charge in [0, 0.05) is 16.1 Å². The first-order valence-electron chi connectivity index (χ1n) is 6.38. The van der Waals surface area contributed by atoms with Crippen LogP contribution in [0.2, 0.25) is 5.02 Å². The van der Waals surface area contributed by atoms with Crippen molar-refractivity contribution in [3.8, 4) is 0 Å². The number of hydrogen-bond donors (Lipinski definition) is 1. The smallest absolute Gasteiger partial charge is 0.124 e. The topological polar surface area (TPSA) is 20.2 Å². The van der Waals surface area contributed by atoms with E-state index in [2.05, 4.69) is 15.9 Å². The summed E-state index contributed by atoms with van der Waals surface area (Å²) in [4.78, 5) is 0. The zero-order valence-corrected chi connectivity index (χ0v) is 13.2. The zero-order chi connectivity index (χ0) is 14.5. The van der Waals surface area contributed by atoms with Gasteiger partial charge in [0.15, 0.2) is 0 Å². The van der Waals surface area contributed by atoms with Crippen LogP contribution in [0.3, 0.4) is 0 Å². The molecule has 0 aromatic heterocycles. The molecule has 4 heteroatoms. The Hall–Kier alpha value is -0.900. The van der Waals surface area contributed by atoms with Crippen LogP contribution in [0.15, 0.2) is 46.9 Å². The first-order valence-corrected chi connectivity index (χ1v) is 7.55. The molecule has 0 aliphatic carbocycles. The molecule has 0 saturated carbocycles. The maximum absolute atomic E-state index is 13.0. The second-order valence-corrected chi connectivity index (χ2v) is 6.05. The van der Waals surface area contributed by atoms with Crippen molar-refractivity contribution in [3.05, 3.63) is 68.9 Å². The molecule has 2 aromatic carbocycles. The lowest BCUT2D eigenvalue weighted by atomic mass is 9.93. The molecular weight excluding hydrogens is 343 g/mol. The summed E-state index contributed by atoms with van der Waals surface area (Å²) in [5.74, 6) is -0.290. The minimum absolute atomic E-state index is 0.0525. The first-order chi connectivity index (χ1) is 9.60. The monoisotopic (exact) mass is 356 g/mol. The summed E-state index contributed by atoms with van der Waals surface area (Å²) in [7, 11) is 0. The predicted octanol–water partition coefficient (Wildman–Crippen LogP) is 4.64. The Balaban J connectivity index is 2.11. The number of aliphatic hydroxyl groups is 1. The number of rotatable bonds is 5. The minimum atomic E-state index is -0.342. The maximum Gasteiger partial charge on any atom is 0.124 e. The van der Waals surface area contributed by atoms with E-state index in [9.17, 15) is 9.50 Å². The van der Waals surface area contributed by atoms with Crippen LogP contribution in [0.1, 0.15) is 11.1 Å². The Bertz CT molecular complexity index is 588. The lowest BCUT2D eigenvalue weighted by Gasteiger charge is -2.16. The highest BCUT2D eigenvalue weighted by Crippen LogP contribution is 2.24. The van der Waals surface area contributed by atoms with Crippen molar-refractivity contribution in [2.24, 2.45) is 5.92 Å². The van der Waals surface area contributed by atoms with Crippen molar-refractivity contribution >= 4 is 27.5 Å². The summed E-state index contributed by atoms with van der Waals surface area (Å²) < 4.78 is 14.1. The van der Waals surface area contributed by atoms with E-state index in [1.165, 1.54) is 12.1 Å². The van der Waals surface area contributed by atoms with Crippen molar-refractivity contribution < 1.29 is 9.50 Å². The standard InChI is InChI=1S/C16H15BrClFO/c17-15-4-2-1-3-12(15)7-11(10-20)8-13-5-6-14(19)9-16(13)18/h1-6,9,11,20H,7-8,10H2. The van der Waals surface area contributed by atoms with E-state index in [-0.39, 0.29) is 18.3 Å². The number of hydrogen-bond acceptors (Lipinski definition) is 1. The van der Waals surface area contributed by atoms with Gasteiger partial charge in [-0.15, -0.1) is 0 Å². The summed E-state index contributed by atoms with van der Waals surface area (Å²) in [5.41, 5.74) is 2.00. The summed E-state index contributed by atoms with van der Waals surface area (Å²) in [6.07, 6.45) is 1.36. The minimum Gasteiger partial charge on any atom is -0.396 e. The molecule has 2 aromatic rings. The summed E-state index contributed by atoms with van der Waals surface area (Å²) in [6.45, 7) is 0.0645. The third-order valence-corrected chi connectivity index (χ3v) is 4.37. The SMILES string of the molecule is OCC(Cc1ccc(F)cc1Cl)Cc1ccccc1Br. The maximum atomic E-state index is 13.0. The van der Waals surface area contributed by atoms with Gasteiger partial charge in [-0.2, -0.15) is 0 Å². The van der Waals surface area contributed by atoms with E-state index < -0.39 is 0 Å². The van der Waals surface area contributed by atoms with Gasteiger partial charge in [-0.25, -0.2) is 4.39 Å². The van der Waals surface area contributed by atoms with Crippen LogP contribution in [0.25, 0.3) is 0 Å². The van der Waals surface area contributed by atoms with Crippen LogP contribution in [-0.4, -0.2) is 11.7 Å². The predicted molar refractivity (Wildman–Crippen MR) is 83.5 cm³/mol. The average Bonchev–Trinajstić information content (AvgIpc) is 2.43. The Labute approximate surface area is 131 Å².